The monoisotopic (exact) mass is 548 g/mol. The fourth-order valence-corrected chi connectivity index (χ4v) is 5.98. The largest absolute Gasteiger partial charge is 0.497 e. The summed E-state index contributed by atoms with van der Waals surface area (Å²) in [6, 6.07) is 14.4. The van der Waals surface area contributed by atoms with E-state index in [-0.39, 0.29) is 11.7 Å². The average Bonchev–Trinajstić information content (AvgIpc) is 2.87. The first kappa shape index (κ1) is 25.8. The number of anilines is 2. The van der Waals surface area contributed by atoms with E-state index in [0.717, 1.165) is 69.0 Å². The predicted octanol–water partition coefficient (Wildman–Crippen LogP) is 6.63. The summed E-state index contributed by atoms with van der Waals surface area (Å²) in [6.07, 6.45) is 3.49. The third kappa shape index (κ3) is 5.15. The summed E-state index contributed by atoms with van der Waals surface area (Å²) in [6.45, 7) is 4.71. The topological polar surface area (TPSA) is 86.2 Å². The molecule has 2 aliphatic rings. The summed E-state index contributed by atoms with van der Waals surface area (Å²) in [7, 11) is 3.54. The van der Waals surface area contributed by atoms with Crippen LogP contribution in [0.1, 0.15) is 56.6 Å². The van der Waals surface area contributed by atoms with Gasteiger partial charge < -0.3 is 20.7 Å². The number of ether oxygens (including phenoxy) is 1. The van der Waals surface area contributed by atoms with Crippen LogP contribution in [0, 0.1) is 17.2 Å². The third-order valence-corrected chi connectivity index (χ3v) is 7.67. The van der Waals surface area contributed by atoms with Crippen LogP contribution in [0.25, 0.3) is 0 Å². The Morgan fingerprint density at radius 2 is 2.06 bits per heavy atom. The van der Waals surface area contributed by atoms with E-state index in [1.54, 1.807) is 7.11 Å². The van der Waals surface area contributed by atoms with Crippen LogP contribution in [-0.4, -0.2) is 19.9 Å². The van der Waals surface area contributed by atoms with Gasteiger partial charge in [-0.1, -0.05) is 25.5 Å². The number of ketones is 1. The van der Waals surface area contributed by atoms with Crippen LogP contribution < -0.4 is 20.7 Å². The highest BCUT2D eigenvalue weighted by Gasteiger charge is 2.38. The van der Waals surface area contributed by atoms with E-state index in [4.69, 9.17) is 4.74 Å². The first-order valence-corrected chi connectivity index (χ1v) is 13.2. The van der Waals surface area contributed by atoms with Crippen molar-refractivity contribution in [3.8, 4) is 11.8 Å². The molecule has 2 unspecified atom stereocenters. The van der Waals surface area contributed by atoms with Crippen molar-refractivity contribution in [1.29, 1.82) is 5.26 Å². The molecular formula is C29H33BrN4O2. The lowest BCUT2D eigenvalue weighted by Crippen LogP contribution is -2.34. The summed E-state index contributed by atoms with van der Waals surface area (Å²) >= 11 is 3.75. The van der Waals surface area contributed by atoms with E-state index in [2.05, 4.69) is 50.9 Å². The Kier molecular flexibility index (Phi) is 8.05. The van der Waals surface area contributed by atoms with Gasteiger partial charge in [0.2, 0.25) is 0 Å². The first-order valence-electron chi connectivity index (χ1n) is 12.4. The Hall–Kier alpha value is -3.24. The van der Waals surface area contributed by atoms with Crippen molar-refractivity contribution in [1.82, 2.24) is 5.32 Å². The third-order valence-electron chi connectivity index (χ3n) is 7.05. The van der Waals surface area contributed by atoms with E-state index in [0.29, 0.717) is 24.5 Å². The van der Waals surface area contributed by atoms with E-state index in [1.165, 1.54) is 0 Å². The molecule has 7 heteroatoms. The van der Waals surface area contributed by atoms with Gasteiger partial charge in [-0.2, -0.15) is 5.26 Å². The highest BCUT2D eigenvalue weighted by Crippen LogP contribution is 2.46. The van der Waals surface area contributed by atoms with Crippen molar-refractivity contribution in [3.63, 3.8) is 0 Å². The predicted molar refractivity (Wildman–Crippen MR) is 148 cm³/mol. The Bertz CT molecular complexity index is 1270. The van der Waals surface area contributed by atoms with E-state index < -0.39 is 0 Å². The van der Waals surface area contributed by atoms with Crippen LogP contribution in [0.3, 0.4) is 0 Å². The minimum Gasteiger partial charge on any atom is -0.497 e. The number of carbonyl (C=O) groups excluding carboxylic acids is 1. The lowest BCUT2D eigenvalue weighted by molar-refractivity contribution is -0.117. The van der Waals surface area contributed by atoms with Gasteiger partial charge in [0, 0.05) is 41.5 Å². The van der Waals surface area contributed by atoms with E-state index >= 15 is 0 Å². The molecule has 1 aliphatic carbocycles. The number of methoxy groups -OCH3 is 1. The Morgan fingerprint density at radius 1 is 1.25 bits per heavy atom. The Morgan fingerprint density at radius 3 is 2.75 bits per heavy atom. The molecule has 1 aliphatic heterocycles. The van der Waals surface area contributed by atoms with Crippen molar-refractivity contribution in [2.75, 3.05) is 24.8 Å². The average molecular weight is 550 g/mol. The molecule has 0 bridgehead atoms. The molecule has 0 spiro atoms. The first-order chi connectivity index (χ1) is 17.4. The van der Waals surface area contributed by atoms with Crippen LogP contribution in [0.15, 0.2) is 63.4 Å². The quantitative estimate of drug-likeness (QED) is 0.343. The number of benzene rings is 2. The summed E-state index contributed by atoms with van der Waals surface area (Å²) in [4.78, 5) is 13.4. The number of nitriles is 1. The number of carbonyl (C=O) groups is 1. The minimum atomic E-state index is -0.378. The molecule has 6 nitrogen and oxygen atoms in total. The van der Waals surface area contributed by atoms with Crippen molar-refractivity contribution >= 4 is 33.1 Å². The van der Waals surface area contributed by atoms with Gasteiger partial charge in [-0.15, -0.1) is 0 Å². The Balaban J connectivity index is 1.71. The zero-order chi connectivity index (χ0) is 25.8. The standard InChI is InChI=1S/C29H33BrN4O2/c1-5-7-18-11-24-28(26(35)12-18)27(22(15-31)17(2)34-24)20-13-23(30)29(25(14-20)32-3)33-16-19-8-6-9-21(10-19)36-4/h6,8-10,13-14,18,27,32-34H,5,7,11-12,16H2,1-4H3. The number of hydrogen-bond acceptors (Lipinski definition) is 6. The number of dihydropyridines is 1. The molecule has 188 valence electrons. The van der Waals surface area contributed by atoms with Crippen LogP contribution in [0.5, 0.6) is 5.75 Å². The van der Waals surface area contributed by atoms with Crippen LogP contribution in [0.4, 0.5) is 11.4 Å². The zero-order valence-electron chi connectivity index (χ0n) is 21.3. The number of nitrogens with zero attached hydrogens (tertiary/aromatic N) is 1. The molecule has 0 saturated heterocycles. The van der Waals surface area contributed by atoms with Gasteiger partial charge >= 0.3 is 0 Å². The molecule has 0 aromatic heterocycles. The summed E-state index contributed by atoms with van der Waals surface area (Å²) in [5.74, 6) is 0.942. The van der Waals surface area contributed by atoms with Crippen molar-refractivity contribution < 1.29 is 9.53 Å². The maximum absolute atomic E-state index is 13.4. The fourth-order valence-electron chi connectivity index (χ4n) is 5.36. The van der Waals surface area contributed by atoms with Crippen LogP contribution in [0.2, 0.25) is 0 Å². The van der Waals surface area contributed by atoms with Gasteiger partial charge in [-0.05, 0) is 77.0 Å². The molecule has 0 radical (unpaired) electrons. The second kappa shape index (κ2) is 11.2. The lowest BCUT2D eigenvalue weighted by Gasteiger charge is -2.35. The minimum absolute atomic E-state index is 0.148. The number of rotatable bonds is 8. The second-order valence-corrected chi connectivity index (χ2v) is 10.3. The van der Waals surface area contributed by atoms with Crippen LogP contribution >= 0.6 is 15.9 Å². The van der Waals surface area contributed by atoms with Gasteiger partial charge in [0.15, 0.2) is 5.78 Å². The number of allylic oxidation sites excluding steroid dienone is 4. The van der Waals surface area contributed by atoms with E-state index in [9.17, 15) is 10.1 Å². The number of Topliss-reactive ketones (excluding diaryl/α,β-unsaturated/α-hetero) is 1. The second-order valence-electron chi connectivity index (χ2n) is 9.47. The molecule has 0 fully saturated rings. The molecule has 2 aromatic carbocycles. The van der Waals surface area contributed by atoms with Crippen molar-refractivity contribution in [2.45, 2.75) is 52.0 Å². The SMILES string of the molecule is CCCC1CC(=O)C2=C(C1)NC(C)=C(C#N)C2c1cc(Br)c(NCc2cccc(OC)c2)c(NC)c1. The molecule has 2 atom stereocenters. The Labute approximate surface area is 221 Å². The lowest BCUT2D eigenvalue weighted by atomic mass is 9.72. The molecule has 0 saturated carbocycles. The van der Waals surface area contributed by atoms with E-state index in [1.807, 2.05) is 44.3 Å². The maximum Gasteiger partial charge on any atom is 0.161 e. The van der Waals surface area contributed by atoms with Gasteiger partial charge in [0.05, 0.1) is 36.0 Å². The zero-order valence-corrected chi connectivity index (χ0v) is 22.9. The van der Waals surface area contributed by atoms with Crippen molar-refractivity contribution in [3.05, 3.63) is 74.5 Å². The molecule has 4 rings (SSSR count). The number of halogens is 1. The number of hydrogen-bond donors (Lipinski definition) is 3. The molecular weight excluding hydrogens is 516 g/mol. The number of nitrogens with one attached hydrogen (secondary N) is 3. The molecule has 2 aromatic rings. The van der Waals surface area contributed by atoms with Crippen molar-refractivity contribution in [2.24, 2.45) is 5.92 Å². The summed E-state index contributed by atoms with van der Waals surface area (Å²) < 4.78 is 6.21. The molecule has 3 N–H and O–H groups in total. The summed E-state index contributed by atoms with van der Waals surface area (Å²) in [5, 5.41) is 20.3. The highest BCUT2D eigenvalue weighted by molar-refractivity contribution is 9.10. The maximum atomic E-state index is 13.4. The van der Waals surface area contributed by atoms with Gasteiger partial charge in [-0.25, -0.2) is 0 Å². The van der Waals surface area contributed by atoms with Gasteiger partial charge in [0.25, 0.3) is 0 Å². The van der Waals surface area contributed by atoms with Gasteiger partial charge in [-0.3, -0.25) is 4.79 Å². The van der Waals surface area contributed by atoms with Crippen LogP contribution in [-0.2, 0) is 11.3 Å². The molecule has 1 heterocycles. The molecule has 36 heavy (non-hydrogen) atoms. The highest BCUT2D eigenvalue weighted by atomic mass is 79.9. The summed E-state index contributed by atoms with van der Waals surface area (Å²) in [5.41, 5.74) is 6.99. The fraction of sp³-hybridized carbons (Fsp3) is 0.379. The molecule has 0 amide bonds. The smallest absolute Gasteiger partial charge is 0.161 e. The normalized spacial score (nSPS) is 19.4. The van der Waals surface area contributed by atoms with Gasteiger partial charge in [0.1, 0.15) is 5.75 Å².